The lowest BCUT2D eigenvalue weighted by atomic mass is 10.1. The summed E-state index contributed by atoms with van der Waals surface area (Å²) in [5.74, 6) is -0.356. The third-order valence-corrected chi connectivity index (χ3v) is 7.24. The Labute approximate surface area is 221 Å². The third-order valence-electron chi connectivity index (χ3n) is 4.78. The topological polar surface area (TPSA) is 122 Å². The van der Waals surface area contributed by atoms with Gasteiger partial charge in [0.15, 0.2) is 11.0 Å². The molecular formula is C23H25ClN4O6S2. The Balaban J connectivity index is 1.65. The van der Waals surface area contributed by atoms with E-state index < -0.39 is 11.9 Å². The highest BCUT2D eigenvalue weighted by Gasteiger charge is 2.27. The number of halogens is 1. The van der Waals surface area contributed by atoms with Crippen molar-refractivity contribution in [2.75, 3.05) is 24.3 Å². The summed E-state index contributed by atoms with van der Waals surface area (Å²) >= 11 is 8.03. The van der Waals surface area contributed by atoms with Crippen LogP contribution in [0.3, 0.4) is 0 Å². The highest BCUT2D eigenvalue weighted by molar-refractivity contribution is 7.99. The lowest BCUT2D eigenvalue weighted by Crippen LogP contribution is -2.17. The smallest absolute Gasteiger partial charge is 0.348 e. The van der Waals surface area contributed by atoms with E-state index in [0.29, 0.717) is 27.3 Å². The standard InChI is InChI=1S/C23H25ClN4O6S2/c1-5-32-21(30)18-13(3)19(22(31)33-6-2)36-20(18)25-17(29)12-35-23-27-26-16(28(23)4)11-34-15-9-7-14(24)8-10-15/h7-10H,5-6,11-12H2,1-4H3,(H,25,29). The van der Waals surface area contributed by atoms with Crippen molar-refractivity contribution in [3.05, 3.63) is 51.1 Å². The first-order chi connectivity index (χ1) is 17.2. The molecule has 36 heavy (non-hydrogen) atoms. The van der Waals surface area contributed by atoms with Gasteiger partial charge in [-0.2, -0.15) is 0 Å². The van der Waals surface area contributed by atoms with Crippen molar-refractivity contribution in [1.29, 1.82) is 0 Å². The number of aromatic nitrogens is 3. The molecule has 0 unspecified atom stereocenters. The van der Waals surface area contributed by atoms with E-state index in [1.807, 2.05) is 0 Å². The second-order valence-electron chi connectivity index (χ2n) is 7.24. The number of amides is 1. The number of nitrogens with one attached hydrogen (secondary N) is 1. The van der Waals surface area contributed by atoms with Crippen LogP contribution in [0.4, 0.5) is 5.00 Å². The predicted molar refractivity (Wildman–Crippen MR) is 137 cm³/mol. The van der Waals surface area contributed by atoms with Crippen LogP contribution in [0.25, 0.3) is 0 Å². The maximum atomic E-state index is 12.7. The number of ether oxygens (including phenoxy) is 3. The Morgan fingerprint density at radius 3 is 2.42 bits per heavy atom. The zero-order valence-corrected chi connectivity index (χ0v) is 22.5. The summed E-state index contributed by atoms with van der Waals surface area (Å²) in [5.41, 5.74) is 0.544. The molecule has 0 spiro atoms. The number of esters is 2. The molecule has 0 saturated heterocycles. The fourth-order valence-electron chi connectivity index (χ4n) is 3.01. The minimum atomic E-state index is -0.622. The number of nitrogens with zero attached hydrogens (tertiary/aromatic N) is 3. The van der Waals surface area contributed by atoms with E-state index in [9.17, 15) is 14.4 Å². The first-order valence-corrected chi connectivity index (χ1v) is 13.1. The van der Waals surface area contributed by atoms with E-state index >= 15 is 0 Å². The molecule has 1 amide bonds. The zero-order chi connectivity index (χ0) is 26.2. The predicted octanol–water partition coefficient (Wildman–Crippen LogP) is 4.50. The van der Waals surface area contributed by atoms with Gasteiger partial charge in [0.25, 0.3) is 0 Å². The van der Waals surface area contributed by atoms with Crippen LogP contribution in [0, 0.1) is 6.92 Å². The molecule has 1 N–H and O–H groups in total. The molecule has 0 radical (unpaired) electrons. The van der Waals surface area contributed by atoms with Gasteiger partial charge in [-0.1, -0.05) is 23.4 Å². The fraction of sp³-hybridized carbons (Fsp3) is 0.348. The number of anilines is 1. The fourth-order valence-corrected chi connectivity index (χ4v) is 4.97. The maximum Gasteiger partial charge on any atom is 0.348 e. The van der Waals surface area contributed by atoms with Crippen LogP contribution >= 0.6 is 34.7 Å². The number of thioether (sulfide) groups is 1. The number of carbonyl (C=O) groups excluding carboxylic acids is 3. The van der Waals surface area contributed by atoms with Crippen LogP contribution in [-0.2, 0) is 27.9 Å². The highest BCUT2D eigenvalue weighted by atomic mass is 35.5. The van der Waals surface area contributed by atoms with Gasteiger partial charge < -0.3 is 24.1 Å². The van der Waals surface area contributed by atoms with Gasteiger partial charge in [0.05, 0.1) is 24.5 Å². The number of hydrogen-bond acceptors (Lipinski definition) is 10. The molecule has 3 rings (SSSR count). The summed E-state index contributed by atoms with van der Waals surface area (Å²) in [6, 6.07) is 6.96. The van der Waals surface area contributed by atoms with Crippen molar-refractivity contribution < 1.29 is 28.6 Å². The minimum absolute atomic E-state index is 0.00202. The molecule has 10 nitrogen and oxygen atoms in total. The van der Waals surface area contributed by atoms with Crippen LogP contribution in [0.2, 0.25) is 5.02 Å². The second-order valence-corrected chi connectivity index (χ2v) is 9.64. The third kappa shape index (κ3) is 6.77. The molecule has 13 heteroatoms. The summed E-state index contributed by atoms with van der Waals surface area (Å²) < 4.78 is 17.6. The minimum Gasteiger partial charge on any atom is -0.486 e. The van der Waals surface area contributed by atoms with E-state index in [4.69, 9.17) is 25.8 Å². The van der Waals surface area contributed by atoms with Crippen molar-refractivity contribution in [3.8, 4) is 5.75 Å². The second kappa shape index (κ2) is 12.7. The maximum absolute atomic E-state index is 12.7. The SMILES string of the molecule is CCOC(=O)c1sc(NC(=O)CSc2nnc(COc3ccc(Cl)cc3)n2C)c(C(=O)OCC)c1C. The van der Waals surface area contributed by atoms with Crippen molar-refractivity contribution >= 4 is 57.5 Å². The molecule has 0 saturated carbocycles. The van der Waals surface area contributed by atoms with Gasteiger partial charge in [0.2, 0.25) is 5.91 Å². The molecule has 0 aliphatic heterocycles. The van der Waals surface area contributed by atoms with Crippen LogP contribution < -0.4 is 10.1 Å². The molecule has 0 aliphatic rings. The van der Waals surface area contributed by atoms with Gasteiger partial charge in [0, 0.05) is 12.1 Å². The monoisotopic (exact) mass is 552 g/mol. The summed E-state index contributed by atoms with van der Waals surface area (Å²) in [4.78, 5) is 37.7. The first kappa shape index (κ1) is 27.5. The molecule has 2 heterocycles. The molecule has 0 fully saturated rings. The Morgan fingerprint density at radius 2 is 1.75 bits per heavy atom. The van der Waals surface area contributed by atoms with Crippen molar-refractivity contribution in [2.45, 2.75) is 32.5 Å². The van der Waals surface area contributed by atoms with E-state index in [1.54, 1.807) is 56.7 Å². The largest absolute Gasteiger partial charge is 0.486 e. The molecular weight excluding hydrogens is 528 g/mol. The Bertz CT molecular complexity index is 1240. The average Bonchev–Trinajstić information content (AvgIpc) is 3.36. The molecule has 3 aromatic rings. The Morgan fingerprint density at radius 1 is 1.08 bits per heavy atom. The molecule has 0 atom stereocenters. The number of rotatable bonds is 11. The number of thiophene rings is 1. The van der Waals surface area contributed by atoms with Gasteiger partial charge >= 0.3 is 11.9 Å². The molecule has 192 valence electrons. The van der Waals surface area contributed by atoms with Gasteiger partial charge in [-0.15, -0.1) is 21.5 Å². The Hall–Kier alpha value is -3.09. The van der Waals surface area contributed by atoms with Gasteiger partial charge in [-0.05, 0) is 50.6 Å². The highest BCUT2D eigenvalue weighted by Crippen LogP contribution is 2.34. The average molecular weight is 553 g/mol. The summed E-state index contributed by atoms with van der Waals surface area (Å²) in [6.45, 7) is 5.51. The number of carbonyl (C=O) groups is 3. The normalized spacial score (nSPS) is 10.7. The van der Waals surface area contributed by atoms with Crippen LogP contribution in [-0.4, -0.2) is 51.6 Å². The molecule has 2 aromatic heterocycles. The summed E-state index contributed by atoms with van der Waals surface area (Å²) in [7, 11) is 1.77. The lowest BCUT2D eigenvalue weighted by molar-refractivity contribution is -0.113. The molecule has 0 aliphatic carbocycles. The van der Waals surface area contributed by atoms with E-state index in [-0.39, 0.29) is 46.9 Å². The van der Waals surface area contributed by atoms with Gasteiger partial charge in [-0.3, -0.25) is 4.79 Å². The van der Waals surface area contributed by atoms with E-state index in [0.717, 1.165) is 11.3 Å². The quantitative estimate of drug-likeness (QED) is 0.270. The number of hydrogen-bond donors (Lipinski definition) is 1. The van der Waals surface area contributed by atoms with E-state index in [1.165, 1.54) is 11.8 Å². The molecule has 1 aromatic carbocycles. The molecule has 0 bridgehead atoms. The first-order valence-electron chi connectivity index (χ1n) is 10.9. The van der Waals surface area contributed by atoms with Gasteiger partial charge in [-0.25, -0.2) is 9.59 Å². The van der Waals surface area contributed by atoms with Gasteiger partial charge in [0.1, 0.15) is 22.2 Å². The lowest BCUT2D eigenvalue weighted by Gasteiger charge is -2.08. The number of benzene rings is 1. The summed E-state index contributed by atoms with van der Waals surface area (Å²) in [6.07, 6.45) is 0. The van der Waals surface area contributed by atoms with Crippen molar-refractivity contribution in [3.63, 3.8) is 0 Å². The van der Waals surface area contributed by atoms with Crippen LogP contribution in [0.15, 0.2) is 29.4 Å². The van der Waals surface area contributed by atoms with Crippen LogP contribution in [0.1, 0.15) is 45.3 Å². The summed E-state index contributed by atoms with van der Waals surface area (Å²) in [5, 5.41) is 12.3. The van der Waals surface area contributed by atoms with Crippen molar-refractivity contribution in [2.24, 2.45) is 7.05 Å². The van der Waals surface area contributed by atoms with Crippen molar-refractivity contribution in [1.82, 2.24) is 14.8 Å². The Kier molecular flexibility index (Phi) is 9.73. The van der Waals surface area contributed by atoms with E-state index in [2.05, 4.69) is 15.5 Å². The van der Waals surface area contributed by atoms with Crippen LogP contribution in [0.5, 0.6) is 5.75 Å². The zero-order valence-electron chi connectivity index (χ0n) is 20.1.